The van der Waals surface area contributed by atoms with Crippen LogP contribution < -0.4 is 10.1 Å². The van der Waals surface area contributed by atoms with E-state index in [1.54, 1.807) is 12.1 Å². The zero-order valence-electron chi connectivity index (χ0n) is 16.8. The molecule has 1 aliphatic heterocycles. The monoisotopic (exact) mass is 390 g/mol. The van der Waals surface area contributed by atoms with Crippen molar-refractivity contribution in [3.05, 3.63) is 71.9 Å². The zero-order valence-corrected chi connectivity index (χ0v) is 16.8. The van der Waals surface area contributed by atoms with Crippen LogP contribution in [0.4, 0.5) is 0 Å². The molecule has 1 N–H and O–H groups in total. The van der Waals surface area contributed by atoms with Crippen LogP contribution in [0.25, 0.3) is 10.9 Å². The molecule has 1 saturated heterocycles. The van der Waals surface area contributed by atoms with Gasteiger partial charge in [0, 0.05) is 23.1 Å². The molecule has 0 aliphatic carbocycles. The molecule has 1 aromatic heterocycles. The van der Waals surface area contributed by atoms with Crippen molar-refractivity contribution in [1.29, 1.82) is 0 Å². The van der Waals surface area contributed by atoms with Gasteiger partial charge < -0.3 is 14.8 Å². The SMILES string of the molecule is CC(C)Oc1ccc(C(=O)N[C@@H]2COC[C@H]2Cc2ccnc3ccccc23)cc1. The molecule has 0 unspecified atom stereocenters. The second-order valence-electron chi connectivity index (χ2n) is 7.76. The fraction of sp³-hybridized carbons (Fsp3) is 0.333. The fourth-order valence-corrected chi connectivity index (χ4v) is 3.78. The summed E-state index contributed by atoms with van der Waals surface area (Å²) in [6, 6.07) is 17.5. The molecule has 2 atom stereocenters. The van der Waals surface area contributed by atoms with Crippen molar-refractivity contribution >= 4 is 16.8 Å². The van der Waals surface area contributed by atoms with Crippen LogP contribution in [0.1, 0.15) is 29.8 Å². The second-order valence-corrected chi connectivity index (χ2v) is 7.76. The molecular formula is C24H26N2O3. The van der Waals surface area contributed by atoms with Gasteiger partial charge in [0.25, 0.3) is 5.91 Å². The summed E-state index contributed by atoms with van der Waals surface area (Å²) in [4.78, 5) is 17.2. The van der Waals surface area contributed by atoms with E-state index < -0.39 is 0 Å². The number of hydrogen-bond donors (Lipinski definition) is 1. The number of hydrogen-bond acceptors (Lipinski definition) is 4. The average molecular weight is 390 g/mol. The molecule has 3 aromatic rings. The first-order valence-corrected chi connectivity index (χ1v) is 10.1. The maximum absolute atomic E-state index is 12.7. The van der Waals surface area contributed by atoms with Crippen LogP contribution >= 0.6 is 0 Å². The Labute approximate surface area is 171 Å². The van der Waals surface area contributed by atoms with Gasteiger partial charge in [-0.05, 0) is 62.2 Å². The molecule has 29 heavy (non-hydrogen) atoms. The first kappa shape index (κ1) is 19.4. The third kappa shape index (κ3) is 4.57. The predicted octanol–water partition coefficient (Wildman–Crippen LogP) is 4.01. The molecular weight excluding hydrogens is 364 g/mol. The van der Waals surface area contributed by atoms with Crippen molar-refractivity contribution < 1.29 is 14.3 Å². The van der Waals surface area contributed by atoms with Crippen LogP contribution in [0.3, 0.4) is 0 Å². The number of nitrogens with one attached hydrogen (secondary N) is 1. The Kier molecular flexibility index (Phi) is 5.76. The molecule has 4 rings (SSSR count). The number of carbonyl (C=O) groups excluding carboxylic acids is 1. The number of benzene rings is 2. The van der Waals surface area contributed by atoms with E-state index in [0.717, 1.165) is 23.1 Å². The van der Waals surface area contributed by atoms with Gasteiger partial charge in [0.15, 0.2) is 0 Å². The molecule has 0 saturated carbocycles. The first-order chi connectivity index (χ1) is 14.1. The number of amides is 1. The van der Waals surface area contributed by atoms with Gasteiger partial charge in [-0.25, -0.2) is 0 Å². The topological polar surface area (TPSA) is 60.5 Å². The Morgan fingerprint density at radius 1 is 1.14 bits per heavy atom. The largest absolute Gasteiger partial charge is 0.491 e. The van der Waals surface area contributed by atoms with E-state index in [-0.39, 0.29) is 24.0 Å². The lowest BCUT2D eigenvalue weighted by molar-refractivity contribution is 0.0925. The zero-order chi connectivity index (χ0) is 20.2. The van der Waals surface area contributed by atoms with Gasteiger partial charge in [-0.1, -0.05) is 18.2 Å². The fourth-order valence-electron chi connectivity index (χ4n) is 3.78. The predicted molar refractivity (Wildman–Crippen MR) is 113 cm³/mol. The third-order valence-electron chi connectivity index (χ3n) is 5.22. The van der Waals surface area contributed by atoms with E-state index >= 15 is 0 Å². The molecule has 1 amide bonds. The summed E-state index contributed by atoms with van der Waals surface area (Å²) in [5, 5.41) is 4.31. The molecule has 5 nitrogen and oxygen atoms in total. The number of aromatic nitrogens is 1. The number of pyridine rings is 1. The Morgan fingerprint density at radius 3 is 2.72 bits per heavy atom. The van der Waals surface area contributed by atoms with Crippen molar-refractivity contribution in [2.45, 2.75) is 32.4 Å². The van der Waals surface area contributed by atoms with Gasteiger partial charge in [-0.3, -0.25) is 9.78 Å². The van der Waals surface area contributed by atoms with E-state index in [0.29, 0.717) is 18.8 Å². The van der Waals surface area contributed by atoms with Crippen LogP contribution in [0, 0.1) is 5.92 Å². The van der Waals surface area contributed by atoms with Gasteiger partial charge in [-0.15, -0.1) is 0 Å². The summed E-state index contributed by atoms with van der Waals surface area (Å²) in [5.74, 6) is 0.915. The van der Waals surface area contributed by atoms with Gasteiger partial charge in [0.05, 0.1) is 30.9 Å². The lowest BCUT2D eigenvalue weighted by Gasteiger charge is -2.20. The Bertz CT molecular complexity index is 980. The van der Waals surface area contributed by atoms with E-state index in [4.69, 9.17) is 9.47 Å². The summed E-state index contributed by atoms with van der Waals surface area (Å²) in [6.07, 6.45) is 2.80. The molecule has 2 aromatic carbocycles. The molecule has 5 heteroatoms. The van der Waals surface area contributed by atoms with E-state index in [1.807, 2.05) is 50.4 Å². The summed E-state index contributed by atoms with van der Waals surface area (Å²) in [6.45, 7) is 5.14. The highest BCUT2D eigenvalue weighted by Gasteiger charge is 2.30. The molecule has 2 heterocycles. The van der Waals surface area contributed by atoms with E-state index in [1.165, 1.54) is 5.56 Å². The number of para-hydroxylation sites is 1. The summed E-state index contributed by atoms with van der Waals surface area (Å²) in [7, 11) is 0. The van der Waals surface area contributed by atoms with Gasteiger partial charge in [0.1, 0.15) is 5.75 Å². The van der Waals surface area contributed by atoms with Gasteiger partial charge in [-0.2, -0.15) is 0 Å². The van der Waals surface area contributed by atoms with E-state index in [2.05, 4.69) is 22.4 Å². The molecule has 1 fully saturated rings. The number of ether oxygens (including phenoxy) is 2. The molecule has 0 radical (unpaired) electrons. The first-order valence-electron chi connectivity index (χ1n) is 10.1. The third-order valence-corrected chi connectivity index (χ3v) is 5.22. The molecule has 0 bridgehead atoms. The highest BCUT2D eigenvalue weighted by molar-refractivity contribution is 5.94. The number of carbonyl (C=O) groups is 1. The highest BCUT2D eigenvalue weighted by Crippen LogP contribution is 2.24. The minimum Gasteiger partial charge on any atom is -0.491 e. The molecule has 1 aliphatic rings. The Hall–Kier alpha value is -2.92. The lowest BCUT2D eigenvalue weighted by atomic mass is 9.93. The lowest BCUT2D eigenvalue weighted by Crippen LogP contribution is -2.40. The molecule has 150 valence electrons. The van der Waals surface area contributed by atoms with Crippen LogP contribution in [-0.2, 0) is 11.2 Å². The van der Waals surface area contributed by atoms with Crippen molar-refractivity contribution in [3.8, 4) is 5.75 Å². The molecule has 0 spiro atoms. The minimum absolute atomic E-state index is 0.0129. The normalized spacial score (nSPS) is 18.9. The Balaban J connectivity index is 1.44. The average Bonchev–Trinajstić information content (AvgIpc) is 3.15. The van der Waals surface area contributed by atoms with Crippen molar-refractivity contribution in [2.75, 3.05) is 13.2 Å². The number of nitrogens with zero attached hydrogens (tertiary/aromatic N) is 1. The maximum Gasteiger partial charge on any atom is 0.251 e. The van der Waals surface area contributed by atoms with Crippen molar-refractivity contribution in [1.82, 2.24) is 10.3 Å². The summed E-state index contributed by atoms with van der Waals surface area (Å²) < 4.78 is 11.3. The van der Waals surface area contributed by atoms with Crippen LogP contribution in [0.2, 0.25) is 0 Å². The summed E-state index contributed by atoms with van der Waals surface area (Å²) in [5.41, 5.74) is 2.86. The maximum atomic E-state index is 12.7. The van der Waals surface area contributed by atoms with Gasteiger partial charge in [0.2, 0.25) is 0 Å². The standard InChI is InChI=1S/C24H26N2O3/c1-16(2)29-20-9-7-17(8-10-20)24(27)26-23-15-28-14-19(23)13-18-11-12-25-22-6-4-3-5-21(18)22/h3-12,16,19,23H,13-15H2,1-2H3,(H,26,27)/t19-,23-/m1/s1. The van der Waals surface area contributed by atoms with Crippen LogP contribution in [0.15, 0.2) is 60.8 Å². The second kappa shape index (κ2) is 8.62. The smallest absolute Gasteiger partial charge is 0.251 e. The number of rotatable bonds is 6. The Morgan fingerprint density at radius 2 is 1.93 bits per heavy atom. The quantitative estimate of drug-likeness (QED) is 0.691. The number of fused-ring (bicyclic) bond motifs is 1. The highest BCUT2D eigenvalue weighted by atomic mass is 16.5. The van der Waals surface area contributed by atoms with Crippen molar-refractivity contribution in [3.63, 3.8) is 0 Å². The van der Waals surface area contributed by atoms with Crippen LogP contribution in [-0.4, -0.2) is 36.3 Å². The van der Waals surface area contributed by atoms with Gasteiger partial charge >= 0.3 is 0 Å². The van der Waals surface area contributed by atoms with E-state index in [9.17, 15) is 4.79 Å². The van der Waals surface area contributed by atoms with Crippen LogP contribution in [0.5, 0.6) is 5.75 Å². The summed E-state index contributed by atoms with van der Waals surface area (Å²) >= 11 is 0. The van der Waals surface area contributed by atoms with Crippen molar-refractivity contribution in [2.24, 2.45) is 5.92 Å². The minimum atomic E-state index is -0.0822.